The van der Waals surface area contributed by atoms with Crippen molar-refractivity contribution in [1.29, 1.82) is 0 Å². The number of nitrogens with zero attached hydrogens (tertiary/aromatic N) is 2. The van der Waals surface area contributed by atoms with Gasteiger partial charge in [0.1, 0.15) is 0 Å². The van der Waals surface area contributed by atoms with E-state index in [2.05, 4.69) is 30.1 Å². The van der Waals surface area contributed by atoms with Crippen molar-refractivity contribution in [3.8, 4) is 0 Å². The first kappa shape index (κ1) is 12.9. The molecule has 3 rings (SSSR count). The van der Waals surface area contributed by atoms with Gasteiger partial charge in [0.25, 0.3) is 0 Å². The van der Waals surface area contributed by atoms with E-state index in [0.717, 1.165) is 18.1 Å². The van der Waals surface area contributed by atoms with Gasteiger partial charge in [-0.3, -0.25) is 0 Å². The summed E-state index contributed by atoms with van der Waals surface area (Å²) in [6.07, 6.45) is 9.84. The van der Waals surface area contributed by atoms with Gasteiger partial charge in [-0.15, -0.1) is 0 Å². The van der Waals surface area contributed by atoms with Crippen LogP contribution in [-0.2, 0) is 0 Å². The second-order valence-corrected chi connectivity index (χ2v) is 6.82. The first-order chi connectivity index (χ1) is 9.03. The molecule has 104 valence electrons. The van der Waals surface area contributed by atoms with Gasteiger partial charge >= 0.3 is 0 Å². The van der Waals surface area contributed by atoms with Crippen LogP contribution in [0.1, 0.15) is 69.5 Å². The molecule has 0 spiro atoms. The molecule has 1 aromatic rings. The summed E-state index contributed by atoms with van der Waals surface area (Å²) in [6, 6.07) is 0.135. The maximum atomic E-state index is 5.87. The third-order valence-corrected chi connectivity index (χ3v) is 4.60. The van der Waals surface area contributed by atoms with Gasteiger partial charge in [-0.1, -0.05) is 31.2 Å². The number of aromatic nitrogens is 2. The first-order valence-electron chi connectivity index (χ1n) is 7.31. The minimum atomic E-state index is 0.135. The topological polar surface area (TPSA) is 64.9 Å². The van der Waals surface area contributed by atoms with Crippen LogP contribution in [0.2, 0.25) is 0 Å². The van der Waals surface area contributed by atoms with Gasteiger partial charge in [0.2, 0.25) is 5.89 Å². The van der Waals surface area contributed by atoms with Crippen LogP contribution in [0.5, 0.6) is 0 Å². The van der Waals surface area contributed by atoms with E-state index in [4.69, 9.17) is 10.3 Å². The maximum absolute atomic E-state index is 5.87. The Labute approximate surface area is 114 Å². The summed E-state index contributed by atoms with van der Waals surface area (Å²) >= 11 is 0. The molecule has 0 radical (unpaired) electrons. The monoisotopic (exact) mass is 261 g/mol. The average Bonchev–Trinajstić information content (AvgIpc) is 2.97. The predicted octanol–water partition coefficient (Wildman–Crippen LogP) is 3.12. The fourth-order valence-electron chi connectivity index (χ4n) is 3.13. The molecule has 2 aliphatic carbocycles. The third kappa shape index (κ3) is 2.73. The van der Waals surface area contributed by atoms with Gasteiger partial charge in [-0.2, -0.15) is 4.98 Å². The molecular formula is C15H23N3O. The molecule has 1 aromatic heterocycles. The van der Waals surface area contributed by atoms with Gasteiger partial charge in [0, 0.05) is 12.0 Å². The van der Waals surface area contributed by atoms with Gasteiger partial charge in [0.05, 0.1) is 5.92 Å². The van der Waals surface area contributed by atoms with E-state index in [1.54, 1.807) is 0 Å². The van der Waals surface area contributed by atoms with Crippen molar-refractivity contribution in [3.63, 3.8) is 0 Å². The molecule has 0 saturated heterocycles. The van der Waals surface area contributed by atoms with Crippen LogP contribution in [0.15, 0.2) is 16.7 Å². The van der Waals surface area contributed by atoms with Crippen molar-refractivity contribution in [2.24, 2.45) is 11.1 Å². The molecule has 1 fully saturated rings. The lowest BCUT2D eigenvalue weighted by molar-refractivity contribution is 0.218. The van der Waals surface area contributed by atoms with Crippen molar-refractivity contribution in [2.45, 2.75) is 63.8 Å². The van der Waals surface area contributed by atoms with E-state index in [1.165, 1.54) is 25.7 Å². The SMILES string of the molecule is CC1(C)CCC(c2noc(C3C=CC(N)C3)n2)CC1. The van der Waals surface area contributed by atoms with Crippen molar-refractivity contribution < 1.29 is 4.52 Å². The zero-order valence-electron chi connectivity index (χ0n) is 11.8. The fourth-order valence-corrected chi connectivity index (χ4v) is 3.13. The largest absolute Gasteiger partial charge is 0.339 e. The number of rotatable bonds is 2. The molecule has 0 amide bonds. The lowest BCUT2D eigenvalue weighted by Crippen LogP contribution is -2.20. The Bertz CT molecular complexity index is 467. The quantitative estimate of drug-likeness (QED) is 0.831. The highest BCUT2D eigenvalue weighted by atomic mass is 16.5. The Hall–Kier alpha value is -1.16. The van der Waals surface area contributed by atoms with Gasteiger partial charge in [0.15, 0.2) is 5.82 Å². The Morgan fingerprint density at radius 3 is 2.63 bits per heavy atom. The summed E-state index contributed by atoms with van der Waals surface area (Å²) in [5, 5.41) is 4.20. The molecule has 2 unspecified atom stereocenters. The smallest absolute Gasteiger partial charge is 0.233 e. The standard InChI is InChI=1S/C15H23N3O/c1-15(2)7-5-10(6-8-15)13-17-14(19-18-13)11-3-4-12(16)9-11/h3-4,10-12H,5-9,16H2,1-2H3. The molecular weight excluding hydrogens is 238 g/mol. The molecule has 4 heteroatoms. The lowest BCUT2D eigenvalue weighted by atomic mass is 9.73. The molecule has 1 heterocycles. The highest BCUT2D eigenvalue weighted by Gasteiger charge is 2.31. The van der Waals surface area contributed by atoms with Crippen LogP contribution in [0.25, 0.3) is 0 Å². The molecule has 1 saturated carbocycles. The van der Waals surface area contributed by atoms with E-state index in [9.17, 15) is 0 Å². The van der Waals surface area contributed by atoms with E-state index >= 15 is 0 Å². The van der Waals surface area contributed by atoms with Crippen LogP contribution in [0.3, 0.4) is 0 Å². The molecule has 4 nitrogen and oxygen atoms in total. The average molecular weight is 261 g/mol. The van der Waals surface area contributed by atoms with E-state index in [0.29, 0.717) is 11.3 Å². The van der Waals surface area contributed by atoms with Crippen molar-refractivity contribution >= 4 is 0 Å². The van der Waals surface area contributed by atoms with Gasteiger partial charge in [-0.25, -0.2) is 0 Å². The zero-order chi connectivity index (χ0) is 13.5. The molecule has 0 aliphatic heterocycles. The van der Waals surface area contributed by atoms with E-state index in [1.807, 2.05) is 6.08 Å². The normalized spacial score (nSPS) is 30.9. The molecule has 2 aliphatic rings. The summed E-state index contributed by atoms with van der Waals surface area (Å²) in [7, 11) is 0. The number of hydrogen-bond donors (Lipinski definition) is 1. The molecule has 19 heavy (non-hydrogen) atoms. The summed E-state index contributed by atoms with van der Waals surface area (Å²) in [4.78, 5) is 4.61. The van der Waals surface area contributed by atoms with Crippen LogP contribution >= 0.6 is 0 Å². The van der Waals surface area contributed by atoms with Crippen LogP contribution in [-0.4, -0.2) is 16.2 Å². The zero-order valence-corrected chi connectivity index (χ0v) is 11.8. The second-order valence-electron chi connectivity index (χ2n) is 6.82. The Balaban J connectivity index is 1.67. The number of nitrogens with two attached hydrogens (primary N) is 1. The van der Waals surface area contributed by atoms with Gasteiger partial charge in [-0.05, 0) is 37.5 Å². The minimum absolute atomic E-state index is 0.135. The number of allylic oxidation sites excluding steroid dienone is 1. The Kier molecular flexibility index (Phi) is 3.21. The molecule has 2 N–H and O–H groups in total. The summed E-state index contributed by atoms with van der Waals surface area (Å²) in [5.41, 5.74) is 6.34. The predicted molar refractivity (Wildman–Crippen MR) is 73.8 cm³/mol. The third-order valence-electron chi connectivity index (χ3n) is 4.60. The van der Waals surface area contributed by atoms with Gasteiger partial charge < -0.3 is 10.3 Å². The molecule has 0 bridgehead atoms. The van der Waals surface area contributed by atoms with Crippen LogP contribution in [0.4, 0.5) is 0 Å². The summed E-state index contributed by atoms with van der Waals surface area (Å²) in [5.74, 6) is 2.34. The summed E-state index contributed by atoms with van der Waals surface area (Å²) < 4.78 is 5.43. The van der Waals surface area contributed by atoms with Crippen molar-refractivity contribution in [2.75, 3.05) is 0 Å². The van der Waals surface area contributed by atoms with Crippen LogP contribution in [0, 0.1) is 5.41 Å². The summed E-state index contributed by atoms with van der Waals surface area (Å²) in [6.45, 7) is 4.69. The van der Waals surface area contributed by atoms with Crippen molar-refractivity contribution in [1.82, 2.24) is 10.1 Å². The van der Waals surface area contributed by atoms with Crippen molar-refractivity contribution in [3.05, 3.63) is 23.9 Å². The maximum Gasteiger partial charge on any atom is 0.233 e. The fraction of sp³-hybridized carbons (Fsp3) is 0.733. The Morgan fingerprint density at radius 2 is 2.00 bits per heavy atom. The molecule has 0 aromatic carbocycles. The van der Waals surface area contributed by atoms with E-state index < -0.39 is 0 Å². The minimum Gasteiger partial charge on any atom is -0.339 e. The first-order valence-corrected chi connectivity index (χ1v) is 7.31. The highest BCUT2D eigenvalue weighted by molar-refractivity contribution is 5.16. The second kappa shape index (κ2) is 4.75. The lowest BCUT2D eigenvalue weighted by Gasteiger charge is -2.32. The number of hydrogen-bond acceptors (Lipinski definition) is 4. The van der Waals surface area contributed by atoms with E-state index in [-0.39, 0.29) is 12.0 Å². The van der Waals surface area contributed by atoms with Crippen LogP contribution < -0.4 is 5.73 Å². The highest BCUT2D eigenvalue weighted by Crippen LogP contribution is 2.41. The Morgan fingerprint density at radius 1 is 1.26 bits per heavy atom. The molecule has 2 atom stereocenters.